The summed E-state index contributed by atoms with van der Waals surface area (Å²) in [5.41, 5.74) is 4.96. The summed E-state index contributed by atoms with van der Waals surface area (Å²) < 4.78 is 1.98. The van der Waals surface area contributed by atoms with Crippen molar-refractivity contribution in [1.82, 2.24) is 14.5 Å². The topological polar surface area (TPSA) is 51.0 Å². The van der Waals surface area contributed by atoms with Gasteiger partial charge in [0.15, 0.2) is 5.65 Å². The van der Waals surface area contributed by atoms with Gasteiger partial charge in [-0.1, -0.05) is 0 Å². The zero-order valence-electron chi connectivity index (χ0n) is 11.7. The molecule has 0 N–H and O–H groups in total. The Morgan fingerprint density at radius 3 is 3.00 bits per heavy atom. The first-order valence-corrected chi connectivity index (χ1v) is 6.93. The zero-order valence-corrected chi connectivity index (χ0v) is 11.7. The third kappa shape index (κ3) is 1.81. The molecule has 0 atom stereocenters. The van der Waals surface area contributed by atoms with Crippen molar-refractivity contribution in [3.8, 4) is 5.69 Å². The first-order valence-electron chi connectivity index (χ1n) is 6.93. The maximum Gasteiger partial charge on any atom is 0.223 e. The van der Waals surface area contributed by atoms with Gasteiger partial charge in [-0.05, 0) is 42.3 Å². The van der Waals surface area contributed by atoms with Gasteiger partial charge in [-0.15, -0.1) is 0 Å². The van der Waals surface area contributed by atoms with Crippen LogP contribution in [-0.2, 0) is 11.2 Å². The van der Waals surface area contributed by atoms with Gasteiger partial charge in [0, 0.05) is 31.0 Å². The molecule has 3 heterocycles. The normalized spacial score (nSPS) is 13.7. The second-order valence-electron chi connectivity index (χ2n) is 5.19. The summed E-state index contributed by atoms with van der Waals surface area (Å²) in [6.45, 7) is 2.37. The first-order chi connectivity index (χ1) is 10.2. The molecule has 2 aromatic heterocycles. The summed E-state index contributed by atoms with van der Waals surface area (Å²) in [6, 6.07) is 9.97. The Bertz CT molecular complexity index is 852. The molecule has 1 aliphatic heterocycles. The summed E-state index contributed by atoms with van der Waals surface area (Å²) in [6.07, 6.45) is 4.45. The minimum Gasteiger partial charge on any atom is -0.312 e. The van der Waals surface area contributed by atoms with Gasteiger partial charge in [-0.3, -0.25) is 9.36 Å². The van der Waals surface area contributed by atoms with Crippen LogP contribution < -0.4 is 4.90 Å². The first kappa shape index (κ1) is 12.1. The largest absolute Gasteiger partial charge is 0.312 e. The van der Waals surface area contributed by atoms with Gasteiger partial charge in [-0.25, -0.2) is 9.97 Å². The summed E-state index contributed by atoms with van der Waals surface area (Å²) in [7, 11) is 0. The number of anilines is 1. The SMILES string of the molecule is CC(=O)N1CCc2cc(-n3cnc4cccnc43)ccc21. The fraction of sp³-hybridized carbons (Fsp3) is 0.188. The van der Waals surface area contributed by atoms with Crippen molar-refractivity contribution < 1.29 is 4.79 Å². The van der Waals surface area contributed by atoms with Crippen LogP contribution in [0, 0.1) is 0 Å². The maximum atomic E-state index is 11.6. The van der Waals surface area contributed by atoms with Crippen molar-refractivity contribution in [1.29, 1.82) is 0 Å². The molecule has 0 saturated heterocycles. The third-order valence-electron chi connectivity index (χ3n) is 3.92. The Morgan fingerprint density at radius 2 is 2.14 bits per heavy atom. The molecule has 0 bridgehead atoms. The minimum atomic E-state index is 0.0937. The van der Waals surface area contributed by atoms with Crippen molar-refractivity contribution in [2.45, 2.75) is 13.3 Å². The van der Waals surface area contributed by atoms with Crippen LogP contribution in [0.2, 0.25) is 0 Å². The lowest BCUT2D eigenvalue weighted by molar-refractivity contribution is -0.116. The van der Waals surface area contributed by atoms with E-state index in [1.54, 1.807) is 19.4 Å². The average molecular weight is 278 g/mol. The highest BCUT2D eigenvalue weighted by Gasteiger charge is 2.22. The molecule has 4 rings (SSSR count). The lowest BCUT2D eigenvalue weighted by atomic mass is 10.1. The van der Waals surface area contributed by atoms with E-state index in [1.807, 2.05) is 33.7 Å². The maximum absolute atomic E-state index is 11.6. The number of carbonyl (C=O) groups excluding carboxylic acids is 1. The van der Waals surface area contributed by atoms with Crippen molar-refractivity contribution in [3.05, 3.63) is 48.4 Å². The third-order valence-corrected chi connectivity index (χ3v) is 3.92. The number of pyridine rings is 1. The van der Waals surface area contributed by atoms with E-state index in [0.29, 0.717) is 0 Å². The van der Waals surface area contributed by atoms with Gasteiger partial charge in [0.25, 0.3) is 0 Å². The second-order valence-corrected chi connectivity index (χ2v) is 5.19. The molecule has 0 aliphatic carbocycles. The molecule has 0 fully saturated rings. The number of benzene rings is 1. The molecule has 104 valence electrons. The highest BCUT2D eigenvalue weighted by molar-refractivity contribution is 5.94. The van der Waals surface area contributed by atoms with Crippen molar-refractivity contribution in [2.24, 2.45) is 0 Å². The van der Waals surface area contributed by atoms with E-state index in [2.05, 4.69) is 16.0 Å². The molecule has 0 radical (unpaired) electrons. The van der Waals surface area contributed by atoms with E-state index >= 15 is 0 Å². The highest BCUT2D eigenvalue weighted by atomic mass is 16.2. The Hall–Kier alpha value is -2.69. The smallest absolute Gasteiger partial charge is 0.223 e. The monoisotopic (exact) mass is 278 g/mol. The Morgan fingerprint density at radius 1 is 1.24 bits per heavy atom. The molecular formula is C16H14N4O. The highest BCUT2D eigenvalue weighted by Crippen LogP contribution is 2.30. The molecule has 1 amide bonds. The lowest BCUT2D eigenvalue weighted by Gasteiger charge is -2.15. The predicted octanol–water partition coefficient (Wildman–Crippen LogP) is 2.33. The molecule has 0 saturated carbocycles. The fourth-order valence-electron chi connectivity index (χ4n) is 2.90. The molecule has 0 unspecified atom stereocenters. The van der Waals surface area contributed by atoms with Gasteiger partial charge in [0.05, 0.1) is 0 Å². The number of amides is 1. The molecule has 5 heteroatoms. The number of hydrogen-bond acceptors (Lipinski definition) is 3. The molecule has 1 aliphatic rings. The standard InChI is InChI=1S/C16H14N4O/c1-11(21)19-8-6-12-9-13(4-5-15(12)19)20-10-18-14-3-2-7-17-16(14)20/h2-5,7,9-10H,6,8H2,1H3. The van der Waals surface area contributed by atoms with E-state index in [4.69, 9.17) is 0 Å². The van der Waals surface area contributed by atoms with Crippen LogP contribution in [0.4, 0.5) is 5.69 Å². The van der Waals surface area contributed by atoms with Gasteiger partial charge in [0.2, 0.25) is 5.91 Å². The molecule has 21 heavy (non-hydrogen) atoms. The van der Waals surface area contributed by atoms with Crippen LogP contribution >= 0.6 is 0 Å². The molecular weight excluding hydrogens is 264 g/mol. The average Bonchev–Trinajstić information content (AvgIpc) is 3.10. The summed E-state index contributed by atoms with van der Waals surface area (Å²) in [5, 5.41) is 0. The quantitative estimate of drug-likeness (QED) is 0.686. The van der Waals surface area contributed by atoms with Gasteiger partial charge in [-0.2, -0.15) is 0 Å². The number of rotatable bonds is 1. The summed E-state index contributed by atoms with van der Waals surface area (Å²) in [4.78, 5) is 22.2. The van der Waals surface area contributed by atoms with Crippen LogP contribution in [0.5, 0.6) is 0 Å². The Balaban J connectivity index is 1.83. The number of imidazole rings is 1. The van der Waals surface area contributed by atoms with E-state index in [-0.39, 0.29) is 5.91 Å². The fourth-order valence-corrected chi connectivity index (χ4v) is 2.90. The number of hydrogen-bond donors (Lipinski definition) is 0. The number of fused-ring (bicyclic) bond motifs is 2. The summed E-state index contributed by atoms with van der Waals surface area (Å²) in [5.74, 6) is 0.0937. The van der Waals surface area contributed by atoms with E-state index < -0.39 is 0 Å². The second kappa shape index (κ2) is 4.41. The van der Waals surface area contributed by atoms with Crippen molar-refractivity contribution in [3.63, 3.8) is 0 Å². The Kier molecular flexibility index (Phi) is 2.54. The Labute approximate surface area is 121 Å². The lowest BCUT2D eigenvalue weighted by Crippen LogP contribution is -2.25. The summed E-state index contributed by atoms with van der Waals surface area (Å²) >= 11 is 0. The number of nitrogens with zero attached hydrogens (tertiary/aromatic N) is 4. The van der Waals surface area contributed by atoms with Crippen LogP contribution in [0.3, 0.4) is 0 Å². The van der Waals surface area contributed by atoms with Crippen molar-refractivity contribution in [2.75, 3.05) is 11.4 Å². The van der Waals surface area contributed by atoms with Crippen molar-refractivity contribution >= 4 is 22.8 Å². The number of carbonyl (C=O) groups is 1. The van der Waals surface area contributed by atoms with Gasteiger partial charge >= 0.3 is 0 Å². The molecule has 0 spiro atoms. The predicted molar refractivity (Wildman–Crippen MR) is 80.6 cm³/mol. The van der Waals surface area contributed by atoms with E-state index in [0.717, 1.165) is 35.5 Å². The van der Waals surface area contributed by atoms with Crippen LogP contribution in [0.1, 0.15) is 12.5 Å². The number of aromatic nitrogens is 3. The molecule has 3 aromatic rings. The zero-order chi connectivity index (χ0) is 14.4. The van der Waals surface area contributed by atoms with Crippen LogP contribution in [0.15, 0.2) is 42.9 Å². The van der Waals surface area contributed by atoms with Crippen LogP contribution in [0.25, 0.3) is 16.9 Å². The van der Waals surface area contributed by atoms with Gasteiger partial charge in [0.1, 0.15) is 11.8 Å². The van der Waals surface area contributed by atoms with Crippen LogP contribution in [-0.4, -0.2) is 27.0 Å². The van der Waals surface area contributed by atoms with E-state index in [9.17, 15) is 4.79 Å². The molecule has 5 nitrogen and oxygen atoms in total. The van der Waals surface area contributed by atoms with Gasteiger partial charge < -0.3 is 4.90 Å². The minimum absolute atomic E-state index is 0.0937. The van der Waals surface area contributed by atoms with E-state index in [1.165, 1.54) is 5.56 Å². The molecule has 1 aromatic carbocycles.